The van der Waals surface area contributed by atoms with Gasteiger partial charge in [0.05, 0.1) is 17.2 Å². The van der Waals surface area contributed by atoms with Crippen molar-refractivity contribution in [3.05, 3.63) is 65.8 Å². The smallest absolute Gasteiger partial charge is 0.250 e. The average Bonchev–Trinajstić information content (AvgIpc) is 3.10. The Morgan fingerprint density at radius 3 is 2.64 bits per heavy atom. The van der Waals surface area contributed by atoms with E-state index < -0.39 is 5.82 Å². The van der Waals surface area contributed by atoms with Gasteiger partial charge in [0.25, 0.3) is 5.89 Å². The molecule has 1 N–H and O–H groups in total. The van der Waals surface area contributed by atoms with E-state index in [1.165, 1.54) is 6.07 Å². The van der Waals surface area contributed by atoms with Crippen LogP contribution in [0.15, 0.2) is 52.9 Å². The van der Waals surface area contributed by atoms with Crippen molar-refractivity contribution < 1.29 is 13.6 Å². The number of carbonyl (C=O) groups excluding carboxylic acids is 1. The van der Waals surface area contributed by atoms with Crippen LogP contribution in [-0.4, -0.2) is 16.1 Å². The quantitative estimate of drug-likeness (QED) is 0.771. The van der Waals surface area contributed by atoms with Crippen LogP contribution in [0.3, 0.4) is 0 Å². The van der Waals surface area contributed by atoms with Gasteiger partial charge in [0, 0.05) is 18.5 Å². The number of benzene rings is 2. The Bertz CT molecular complexity index is 929. The standard InChI is InChI=1S/C18H13FN4O2/c19-15-4-2-1-3-14(15)18-23-22-17(25-18)10-9-16(24)21-13-7-5-12(11-20)6-8-13/h1-8H,9-10H2,(H,21,24). The lowest BCUT2D eigenvalue weighted by Gasteiger charge is -2.03. The molecule has 0 saturated carbocycles. The Kier molecular flexibility index (Phi) is 4.81. The summed E-state index contributed by atoms with van der Waals surface area (Å²) in [5.41, 5.74) is 1.34. The molecule has 3 rings (SSSR count). The molecule has 1 aromatic heterocycles. The van der Waals surface area contributed by atoms with Crippen molar-refractivity contribution in [3.8, 4) is 17.5 Å². The van der Waals surface area contributed by atoms with Crippen LogP contribution in [0.25, 0.3) is 11.5 Å². The van der Waals surface area contributed by atoms with E-state index in [0.29, 0.717) is 11.3 Å². The van der Waals surface area contributed by atoms with E-state index in [1.54, 1.807) is 42.5 Å². The van der Waals surface area contributed by atoms with Crippen molar-refractivity contribution >= 4 is 11.6 Å². The lowest BCUT2D eigenvalue weighted by molar-refractivity contribution is -0.116. The molecular weight excluding hydrogens is 323 g/mol. The maximum Gasteiger partial charge on any atom is 0.250 e. The molecule has 124 valence electrons. The maximum absolute atomic E-state index is 13.7. The van der Waals surface area contributed by atoms with Crippen molar-refractivity contribution in [3.63, 3.8) is 0 Å². The van der Waals surface area contributed by atoms with Gasteiger partial charge in [-0.3, -0.25) is 4.79 Å². The molecule has 2 aromatic carbocycles. The molecule has 0 fully saturated rings. The van der Waals surface area contributed by atoms with Gasteiger partial charge in [-0.2, -0.15) is 5.26 Å². The van der Waals surface area contributed by atoms with Gasteiger partial charge in [0.15, 0.2) is 0 Å². The Morgan fingerprint density at radius 2 is 1.92 bits per heavy atom. The molecule has 0 aliphatic rings. The number of halogens is 1. The van der Waals surface area contributed by atoms with Crippen molar-refractivity contribution in [2.45, 2.75) is 12.8 Å². The number of amides is 1. The highest BCUT2D eigenvalue weighted by atomic mass is 19.1. The average molecular weight is 336 g/mol. The number of aromatic nitrogens is 2. The van der Waals surface area contributed by atoms with Gasteiger partial charge in [0.2, 0.25) is 11.8 Å². The fraction of sp³-hybridized carbons (Fsp3) is 0.111. The molecule has 7 heteroatoms. The number of nitrogens with zero attached hydrogens (tertiary/aromatic N) is 3. The van der Waals surface area contributed by atoms with Gasteiger partial charge < -0.3 is 9.73 Å². The zero-order valence-corrected chi connectivity index (χ0v) is 13.1. The summed E-state index contributed by atoms with van der Waals surface area (Å²) in [4.78, 5) is 11.9. The fourth-order valence-corrected chi connectivity index (χ4v) is 2.17. The summed E-state index contributed by atoms with van der Waals surface area (Å²) < 4.78 is 19.1. The highest BCUT2D eigenvalue weighted by Gasteiger charge is 2.13. The van der Waals surface area contributed by atoms with Crippen LogP contribution in [0.4, 0.5) is 10.1 Å². The minimum absolute atomic E-state index is 0.0839. The molecular formula is C18H13FN4O2. The monoisotopic (exact) mass is 336 g/mol. The molecule has 6 nitrogen and oxygen atoms in total. The second kappa shape index (κ2) is 7.36. The summed E-state index contributed by atoms with van der Waals surface area (Å²) in [6.45, 7) is 0. The third-order valence-electron chi connectivity index (χ3n) is 3.43. The minimum atomic E-state index is -0.448. The largest absolute Gasteiger partial charge is 0.421 e. The number of aryl methyl sites for hydroxylation is 1. The first kappa shape index (κ1) is 16.3. The molecule has 0 unspecified atom stereocenters. The molecule has 1 heterocycles. The Balaban J connectivity index is 1.57. The third kappa shape index (κ3) is 4.06. The molecule has 0 spiro atoms. The summed E-state index contributed by atoms with van der Waals surface area (Å²) in [6, 6.07) is 14.7. The van der Waals surface area contributed by atoms with Gasteiger partial charge in [-0.15, -0.1) is 10.2 Å². The number of hydrogen-bond donors (Lipinski definition) is 1. The number of nitriles is 1. The van der Waals surface area contributed by atoms with E-state index in [4.69, 9.17) is 9.68 Å². The van der Waals surface area contributed by atoms with Crippen molar-refractivity contribution in [2.75, 3.05) is 5.32 Å². The van der Waals surface area contributed by atoms with Crippen LogP contribution < -0.4 is 5.32 Å². The van der Waals surface area contributed by atoms with E-state index in [-0.39, 0.29) is 36.1 Å². The van der Waals surface area contributed by atoms with Gasteiger partial charge in [0.1, 0.15) is 5.82 Å². The molecule has 0 bridgehead atoms. The number of carbonyl (C=O) groups is 1. The predicted octanol–water partition coefficient (Wildman–Crippen LogP) is 3.32. The molecule has 0 aliphatic heterocycles. The Morgan fingerprint density at radius 1 is 1.16 bits per heavy atom. The lowest BCUT2D eigenvalue weighted by atomic mass is 10.2. The number of anilines is 1. The SMILES string of the molecule is N#Cc1ccc(NC(=O)CCc2nnc(-c3ccccc3F)o2)cc1. The van der Waals surface area contributed by atoms with E-state index >= 15 is 0 Å². The van der Waals surface area contributed by atoms with Gasteiger partial charge >= 0.3 is 0 Å². The molecule has 0 radical (unpaired) electrons. The van der Waals surface area contributed by atoms with Crippen LogP contribution >= 0.6 is 0 Å². The maximum atomic E-state index is 13.7. The van der Waals surface area contributed by atoms with Crippen LogP contribution in [0.5, 0.6) is 0 Å². The molecule has 3 aromatic rings. The van der Waals surface area contributed by atoms with E-state index in [1.807, 2.05) is 6.07 Å². The number of hydrogen-bond acceptors (Lipinski definition) is 5. The van der Waals surface area contributed by atoms with Crippen LogP contribution in [-0.2, 0) is 11.2 Å². The normalized spacial score (nSPS) is 10.2. The van der Waals surface area contributed by atoms with Crippen LogP contribution in [0.2, 0.25) is 0 Å². The predicted molar refractivity (Wildman–Crippen MR) is 87.8 cm³/mol. The highest BCUT2D eigenvalue weighted by Crippen LogP contribution is 2.21. The summed E-state index contributed by atoms with van der Waals surface area (Å²) in [7, 11) is 0. The molecule has 1 amide bonds. The second-order valence-electron chi connectivity index (χ2n) is 5.22. The van der Waals surface area contributed by atoms with Crippen LogP contribution in [0, 0.1) is 17.1 Å². The molecule has 0 atom stereocenters. The number of rotatable bonds is 5. The Hall–Kier alpha value is -3.53. The first-order valence-electron chi connectivity index (χ1n) is 7.53. The lowest BCUT2D eigenvalue weighted by Crippen LogP contribution is -2.12. The van der Waals surface area contributed by atoms with E-state index in [0.717, 1.165) is 0 Å². The first-order chi connectivity index (χ1) is 12.2. The van der Waals surface area contributed by atoms with E-state index in [2.05, 4.69) is 15.5 Å². The van der Waals surface area contributed by atoms with Gasteiger partial charge in [-0.25, -0.2) is 4.39 Å². The zero-order chi connectivity index (χ0) is 17.6. The summed E-state index contributed by atoms with van der Waals surface area (Å²) in [6.07, 6.45) is 0.377. The van der Waals surface area contributed by atoms with Crippen molar-refractivity contribution in [2.24, 2.45) is 0 Å². The van der Waals surface area contributed by atoms with Crippen molar-refractivity contribution in [1.29, 1.82) is 5.26 Å². The molecule has 0 saturated heterocycles. The highest BCUT2D eigenvalue weighted by molar-refractivity contribution is 5.90. The Labute approximate surface area is 142 Å². The minimum Gasteiger partial charge on any atom is -0.421 e. The van der Waals surface area contributed by atoms with E-state index in [9.17, 15) is 9.18 Å². The van der Waals surface area contributed by atoms with Gasteiger partial charge in [-0.1, -0.05) is 12.1 Å². The topological polar surface area (TPSA) is 91.8 Å². The molecule has 25 heavy (non-hydrogen) atoms. The van der Waals surface area contributed by atoms with Crippen molar-refractivity contribution in [1.82, 2.24) is 10.2 Å². The summed E-state index contributed by atoms with van der Waals surface area (Å²) in [5.74, 6) is -0.333. The van der Waals surface area contributed by atoms with Crippen LogP contribution in [0.1, 0.15) is 17.9 Å². The van der Waals surface area contributed by atoms with Gasteiger partial charge in [-0.05, 0) is 36.4 Å². The first-order valence-corrected chi connectivity index (χ1v) is 7.53. The fourth-order valence-electron chi connectivity index (χ4n) is 2.17. The molecule has 0 aliphatic carbocycles. The zero-order valence-electron chi connectivity index (χ0n) is 13.1. The second-order valence-corrected chi connectivity index (χ2v) is 5.22. The summed E-state index contributed by atoms with van der Waals surface area (Å²) in [5, 5.41) is 19.1. The number of nitrogens with one attached hydrogen (secondary N) is 1. The summed E-state index contributed by atoms with van der Waals surface area (Å²) >= 11 is 0. The third-order valence-corrected chi connectivity index (χ3v) is 3.43.